The first kappa shape index (κ1) is 16.6. The van der Waals surface area contributed by atoms with Gasteiger partial charge in [-0.25, -0.2) is 23.1 Å². The molecule has 5 N–H and O–H groups in total. The number of ether oxygens (including phenoxy) is 1. The Morgan fingerprint density at radius 1 is 1.19 bits per heavy atom. The van der Waals surface area contributed by atoms with Gasteiger partial charge in [-0.1, -0.05) is 0 Å². The molecule has 1 aromatic carbocycles. The lowest BCUT2D eigenvalue weighted by molar-refractivity contribution is -0.127. The second kappa shape index (κ2) is 6.33. The van der Waals surface area contributed by atoms with Crippen LogP contribution in [0, 0.1) is 0 Å². The van der Waals surface area contributed by atoms with E-state index in [1.807, 2.05) is 0 Å². The molecule has 9 nitrogen and oxygen atoms in total. The van der Waals surface area contributed by atoms with Crippen LogP contribution >= 0.6 is 0 Å². The monoisotopic (exact) mass is 315 g/mol. The van der Waals surface area contributed by atoms with Crippen molar-refractivity contribution in [1.82, 2.24) is 5.32 Å². The van der Waals surface area contributed by atoms with Gasteiger partial charge in [-0.05, 0) is 31.2 Å². The van der Waals surface area contributed by atoms with Crippen LogP contribution in [-0.4, -0.2) is 32.4 Å². The molecule has 1 aromatic rings. The summed E-state index contributed by atoms with van der Waals surface area (Å²) in [7, 11) is -3.86. The molecule has 3 amide bonds. The van der Waals surface area contributed by atoms with E-state index in [0.717, 1.165) is 12.1 Å². The number of esters is 1. The largest absolute Gasteiger partial charge is 0.449 e. The van der Waals surface area contributed by atoms with Crippen molar-refractivity contribution in [3.8, 4) is 0 Å². The molecule has 0 aliphatic rings. The van der Waals surface area contributed by atoms with Crippen molar-refractivity contribution in [2.75, 3.05) is 0 Å². The van der Waals surface area contributed by atoms with Gasteiger partial charge < -0.3 is 10.5 Å². The third kappa shape index (κ3) is 4.85. The summed E-state index contributed by atoms with van der Waals surface area (Å²) < 4.78 is 26.9. The molecule has 0 saturated heterocycles. The van der Waals surface area contributed by atoms with Crippen LogP contribution in [0.15, 0.2) is 29.2 Å². The van der Waals surface area contributed by atoms with E-state index < -0.39 is 34.0 Å². The molecular weight excluding hydrogens is 302 g/mol. The lowest BCUT2D eigenvalue weighted by Gasteiger charge is -2.12. The zero-order valence-electron chi connectivity index (χ0n) is 10.9. The fourth-order valence-corrected chi connectivity index (χ4v) is 1.80. The number of nitrogens with two attached hydrogens (primary N) is 2. The van der Waals surface area contributed by atoms with Crippen molar-refractivity contribution in [3.63, 3.8) is 0 Å². The van der Waals surface area contributed by atoms with Crippen molar-refractivity contribution in [2.45, 2.75) is 17.9 Å². The van der Waals surface area contributed by atoms with Gasteiger partial charge in [0.2, 0.25) is 10.0 Å². The first-order valence-electron chi connectivity index (χ1n) is 5.55. The first-order valence-corrected chi connectivity index (χ1v) is 7.10. The van der Waals surface area contributed by atoms with Crippen LogP contribution in [0.25, 0.3) is 0 Å². The van der Waals surface area contributed by atoms with E-state index in [2.05, 4.69) is 0 Å². The highest BCUT2D eigenvalue weighted by Crippen LogP contribution is 2.10. The number of nitrogens with one attached hydrogen (secondary N) is 1. The summed E-state index contributed by atoms with van der Waals surface area (Å²) >= 11 is 0. The fourth-order valence-electron chi connectivity index (χ4n) is 1.29. The Morgan fingerprint density at radius 2 is 1.71 bits per heavy atom. The quantitative estimate of drug-likeness (QED) is 0.609. The lowest BCUT2D eigenvalue weighted by atomic mass is 10.2. The number of carbonyl (C=O) groups is 3. The first-order chi connectivity index (χ1) is 9.61. The number of primary sulfonamides is 1. The number of benzene rings is 1. The van der Waals surface area contributed by atoms with Crippen LogP contribution in [0.3, 0.4) is 0 Å². The Balaban J connectivity index is 2.76. The normalized spacial score (nSPS) is 12.3. The molecule has 0 heterocycles. The number of sulfonamides is 1. The number of rotatable bonds is 4. The van der Waals surface area contributed by atoms with Gasteiger partial charge in [0.05, 0.1) is 10.5 Å². The van der Waals surface area contributed by atoms with Gasteiger partial charge in [-0.3, -0.25) is 10.1 Å². The molecular formula is C11H13N3O6S. The molecule has 0 saturated carbocycles. The van der Waals surface area contributed by atoms with E-state index in [-0.39, 0.29) is 10.5 Å². The Bertz CT molecular complexity index is 668. The average molecular weight is 315 g/mol. The highest BCUT2D eigenvalue weighted by Gasteiger charge is 2.20. The average Bonchev–Trinajstić information content (AvgIpc) is 2.36. The van der Waals surface area contributed by atoms with E-state index in [0.29, 0.717) is 0 Å². The Morgan fingerprint density at radius 3 is 2.14 bits per heavy atom. The Labute approximate surface area is 120 Å². The van der Waals surface area contributed by atoms with Gasteiger partial charge in [0.1, 0.15) is 0 Å². The second-order valence-corrected chi connectivity index (χ2v) is 5.53. The van der Waals surface area contributed by atoms with Crippen molar-refractivity contribution in [3.05, 3.63) is 29.8 Å². The predicted octanol–water partition coefficient (Wildman–Crippen LogP) is -0.926. The van der Waals surface area contributed by atoms with Crippen LogP contribution in [0.5, 0.6) is 0 Å². The number of imide groups is 1. The molecule has 0 bridgehead atoms. The van der Waals surface area contributed by atoms with Gasteiger partial charge in [-0.2, -0.15) is 0 Å². The number of amides is 3. The van der Waals surface area contributed by atoms with E-state index >= 15 is 0 Å². The van der Waals surface area contributed by atoms with Crippen molar-refractivity contribution in [2.24, 2.45) is 10.9 Å². The van der Waals surface area contributed by atoms with Gasteiger partial charge >= 0.3 is 12.0 Å². The summed E-state index contributed by atoms with van der Waals surface area (Å²) in [6, 6.07) is 3.54. The van der Waals surface area contributed by atoms with Crippen molar-refractivity contribution in [1.29, 1.82) is 0 Å². The summed E-state index contributed by atoms with van der Waals surface area (Å²) in [4.78, 5) is 33.3. The number of carbonyl (C=O) groups excluding carboxylic acids is 3. The fraction of sp³-hybridized carbons (Fsp3) is 0.182. The van der Waals surface area contributed by atoms with Crippen LogP contribution < -0.4 is 16.2 Å². The van der Waals surface area contributed by atoms with Gasteiger partial charge in [-0.15, -0.1) is 0 Å². The summed E-state index contributed by atoms with van der Waals surface area (Å²) in [5.41, 5.74) is 4.77. The third-order valence-corrected chi connectivity index (χ3v) is 3.25. The van der Waals surface area contributed by atoms with Gasteiger partial charge in [0.25, 0.3) is 5.91 Å². The number of urea groups is 1. The minimum atomic E-state index is -3.86. The minimum Gasteiger partial charge on any atom is -0.449 e. The molecule has 10 heteroatoms. The molecule has 0 aliphatic carbocycles. The molecule has 114 valence electrons. The Hall–Kier alpha value is -2.46. The standard InChI is InChI=1S/C11H13N3O6S/c1-6(9(15)14-11(12)17)20-10(16)7-2-4-8(5-3-7)21(13,18)19/h2-6H,1H3,(H2,13,18,19)(H3,12,14,15,17). The molecule has 0 radical (unpaired) electrons. The second-order valence-electron chi connectivity index (χ2n) is 3.97. The highest BCUT2D eigenvalue weighted by molar-refractivity contribution is 7.89. The maximum absolute atomic E-state index is 11.7. The van der Waals surface area contributed by atoms with E-state index in [9.17, 15) is 22.8 Å². The summed E-state index contributed by atoms with van der Waals surface area (Å²) in [5, 5.41) is 6.66. The SMILES string of the molecule is CC(OC(=O)c1ccc(S(N)(=O)=O)cc1)C(=O)NC(N)=O. The van der Waals surface area contributed by atoms with Gasteiger partial charge in [0, 0.05) is 0 Å². The molecule has 1 rings (SSSR count). The topological polar surface area (TPSA) is 159 Å². The van der Waals surface area contributed by atoms with E-state index in [1.165, 1.54) is 19.1 Å². The summed E-state index contributed by atoms with van der Waals surface area (Å²) in [6.07, 6.45) is -1.25. The number of primary amides is 1. The molecule has 0 aliphatic heterocycles. The van der Waals surface area contributed by atoms with Crippen molar-refractivity contribution >= 4 is 27.9 Å². The summed E-state index contributed by atoms with van der Waals surface area (Å²) in [5.74, 6) is -1.75. The third-order valence-electron chi connectivity index (χ3n) is 2.32. The van der Waals surface area contributed by atoms with Crippen molar-refractivity contribution < 1.29 is 27.5 Å². The highest BCUT2D eigenvalue weighted by atomic mass is 32.2. The number of hydrogen-bond acceptors (Lipinski definition) is 6. The Kier molecular flexibility index (Phi) is 5.00. The molecule has 1 atom stereocenters. The molecule has 1 unspecified atom stereocenters. The zero-order chi connectivity index (χ0) is 16.2. The smallest absolute Gasteiger partial charge is 0.338 e. The molecule has 0 aromatic heterocycles. The van der Waals surface area contributed by atoms with E-state index in [4.69, 9.17) is 15.6 Å². The van der Waals surface area contributed by atoms with Crippen LogP contribution in [0.4, 0.5) is 4.79 Å². The predicted molar refractivity (Wildman–Crippen MR) is 70.4 cm³/mol. The molecule has 0 spiro atoms. The maximum Gasteiger partial charge on any atom is 0.338 e. The number of hydrogen-bond donors (Lipinski definition) is 3. The zero-order valence-corrected chi connectivity index (χ0v) is 11.7. The van der Waals surface area contributed by atoms with Crippen LogP contribution in [0.2, 0.25) is 0 Å². The van der Waals surface area contributed by atoms with E-state index in [1.54, 1.807) is 5.32 Å². The maximum atomic E-state index is 11.7. The van der Waals surface area contributed by atoms with Crippen LogP contribution in [0.1, 0.15) is 17.3 Å². The summed E-state index contributed by atoms with van der Waals surface area (Å²) in [6.45, 7) is 1.24. The molecule has 21 heavy (non-hydrogen) atoms. The minimum absolute atomic E-state index is 0.0149. The van der Waals surface area contributed by atoms with Crippen LogP contribution in [-0.2, 0) is 19.6 Å². The van der Waals surface area contributed by atoms with Gasteiger partial charge in [0.15, 0.2) is 6.10 Å². The lowest BCUT2D eigenvalue weighted by Crippen LogP contribution is -2.42. The molecule has 0 fully saturated rings.